The number of likely N-dealkylation sites (N-methyl/N-ethyl adjacent to an activating group) is 1. The average molecular weight is 583 g/mol. The van der Waals surface area contributed by atoms with Crippen molar-refractivity contribution >= 4 is 47.4 Å². The Balaban J connectivity index is 1.29. The van der Waals surface area contributed by atoms with Crippen LogP contribution >= 0.6 is 7.92 Å². The number of amides is 3. The second-order valence-corrected chi connectivity index (χ2v) is 11.7. The highest BCUT2D eigenvalue weighted by atomic mass is 31.1. The van der Waals surface area contributed by atoms with Crippen molar-refractivity contribution in [2.24, 2.45) is 5.84 Å². The standard InChI is InChI=1S/C32H35N6O3P/c1-34-32(41)28(37-31(40)24-17-20-29(38-33)36-22-24)14-8-9-21-35-30(39)23-15-18-27(19-16-23)42(25-10-4-2-5-11-25)26-12-6-3-7-13-26/h2-7,10-13,15-20,22,28H,8-9,14,21,33H2,1H3,(H,34,41)(H,35,39)(H,36,38)(H,37,40). The van der Waals surface area contributed by atoms with Crippen molar-refractivity contribution in [1.29, 1.82) is 0 Å². The van der Waals surface area contributed by atoms with E-state index in [-0.39, 0.29) is 11.8 Å². The van der Waals surface area contributed by atoms with Crippen LogP contribution in [0.15, 0.2) is 103 Å². The number of unbranched alkanes of at least 4 members (excludes halogenated alkanes) is 1. The Morgan fingerprint density at radius 2 is 1.36 bits per heavy atom. The van der Waals surface area contributed by atoms with Crippen molar-refractivity contribution < 1.29 is 14.4 Å². The van der Waals surface area contributed by atoms with Crippen LogP contribution in [0.25, 0.3) is 0 Å². The quantitative estimate of drug-likeness (QED) is 0.0711. The highest BCUT2D eigenvalue weighted by molar-refractivity contribution is 7.79. The highest BCUT2D eigenvalue weighted by Crippen LogP contribution is 2.32. The molecule has 6 N–H and O–H groups in total. The van der Waals surface area contributed by atoms with Crippen molar-refractivity contribution in [1.82, 2.24) is 20.9 Å². The molecule has 10 heteroatoms. The second kappa shape index (κ2) is 15.4. The minimum absolute atomic E-state index is 0.149. The number of carbonyl (C=O) groups is 3. The lowest BCUT2D eigenvalue weighted by Gasteiger charge is -2.19. The van der Waals surface area contributed by atoms with Crippen molar-refractivity contribution in [2.45, 2.75) is 25.3 Å². The van der Waals surface area contributed by atoms with E-state index < -0.39 is 19.9 Å². The summed E-state index contributed by atoms with van der Waals surface area (Å²) in [6.45, 7) is 0.452. The van der Waals surface area contributed by atoms with Gasteiger partial charge >= 0.3 is 0 Å². The smallest absolute Gasteiger partial charge is 0.253 e. The molecular formula is C32H35N6O3P. The molecule has 1 heterocycles. The predicted molar refractivity (Wildman–Crippen MR) is 169 cm³/mol. The number of nitrogens with two attached hydrogens (primary N) is 1. The Kier molecular flexibility index (Phi) is 11.2. The molecule has 0 spiro atoms. The van der Waals surface area contributed by atoms with Crippen molar-refractivity contribution in [2.75, 3.05) is 19.0 Å². The van der Waals surface area contributed by atoms with Gasteiger partial charge in [0.2, 0.25) is 5.91 Å². The number of carbonyl (C=O) groups excluding carboxylic acids is 3. The Morgan fingerprint density at radius 3 is 1.90 bits per heavy atom. The molecule has 0 radical (unpaired) electrons. The summed E-state index contributed by atoms with van der Waals surface area (Å²) >= 11 is 0. The van der Waals surface area contributed by atoms with Gasteiger partial charge < -0.3 is 21.4 Å². The molecule has 4 aromatic rings. The summed E-state index contributed by atoms with van der Waals surface area (Å²) in [5.41, 5.74) is 3.32. The number of hydrogen-bond donors (Lipinski definition) is 5. The zero-order chi connectivity index (χ0) is 29.7. The van der Waals surface area contributed by atoms with E-state index in [1.54, 1.807) is 12.1 Å². The monoisotopic (exact) mass is 582 g/mol. The van der Waals surface area contributed by atoms with E-state index in [4.69, 9.17) is 5.84 Å². The number of rotatable bonds is 13. The van der Waals surface area contributed by atoms with Gasteiger partial charge in [0.25, 0.3) is 11.8 Å². The average Bonchev–Trinajstić information content (AvgIpc) is 3.05. The van der Waals surface area contributed by atoms with Gasteiger partial charge in [0.1, 0.15) is 11.9 Å². The third kappa shape index (κ3) is 8.22. The first-order chi connectivity index (χ1) is 20.5. The molecule has 0 aliphatic rings. The minimum atomic E-state index is -0.736. The maximum atomic E-state index is 12.8. The van der Waals surface area contributed by atoms with E-state index in [1.165, 1.54) is 29.2 Å². The second-order valence-electron chi connectivity index (χ2n) is 9.52. The van der Waals surface area contributed by atoms with Crippen LogP contribution in [0.1, 0.15) is 40.0 Å². The molecule has 0 saturated heterocycles. The Labute approximate surface area is 247 Å². The molecule has 216 valence electrons. The molecule has 1 unspecified atom stereocenters. The van der Waals surface area contributed by atoms with Crippen LogP contribution in [0.5, 0.6) is 0 Å². The van der Waals surface area contributed by atoms with Crippen molar-refractivity contribution in [3.8, 4) is 0 Å². The first-order valence-corrected chi connectivity index (χ1v) is 15.1. The molecule has 42 heavy (non-hydrogen) atoms. The van der Waals surface area contributed by atoms with Crippen LogP contribution < -0.4 is 43.1 Å². The van der Waals surface area contributed by atoms with E-state index in [2.05, 4.69) is 74.9 Å². The maximum absolute atomic E-state index is 12.8. The van der Waals surface area contributed by atoms with Crippen LogP contribution in [0.2, 0.25) is 0 Å². The largest absolute Gasteiger partial charge is 0.357 e. The third-order valence-electron chi connectivity index (χ3n) is 6.66. The first-order valence-electron chi connectivity index (χ1n) is 13.7. The van der Waals surface area contributed by atoms with Gasteiger partial charge in [-0.15, -0.1) is 0 Å². The number of benzene rings is 3. The van der Waals surface area contributed by atoms with Crippen LogP contribution in [0, 0.1) is 0 Å². The number of nitrogens with one attached hydrogen (secondary N) is 4. The molecule has 1 atom stereocenters. The predicted octanol–water partition coefficient (Wildman–Crippen LogP) is 2.57. The molecule has 3 amide bonds. The van der Waals surface area contributed by atoms with Gasteiger partial charge in [0, 0.05) is 25.4 Å². The molecule has 0 fully saturated rings. The fraction of sp³-hybridized carbons (Fsp3) is 0.188. The maximum Gasteiger partial charge on any atom is 0.253 e. The molecule has 0 aliphatic carbocycles. The summed E-state index contributed by atoms with van der Waals surface area (Å²) in [5.74, 6) is 4.90. The normalized spacial score (nSPS) is 11.4. The van der Waals surface area contributed by atoms with Gasteiger partial charge in [-0.25, -0.2) is 10.8 Å². The molecule has 0 aliphatic heterocycles. The molecular weight excluding hydrogens is 547 g/mol. The lowest BCUT2D eigenvalue weighted by molar-refractivity contribution is -0.122. The van der Waals surface area contributed by atoms with Crippen molar-refractivity contribution in [3.63, 3.8) is 0 Å². The molecule has 9 nitrogen and oxygen atoms in total. The van der Waals surface area contributed by atoms with Gasteiger partial charge in [-0.3, -0.25) is 14.4 Å². The number of pyridine rings is 1. The SMILES string of the molecule is CNC(=O)C(CCCCNC(=O)c1ccc(P(c2ccccc2)c2ccccc2)cc1)NC(=O)c1ccc(NN)nc1. The Morgan fingerprint density at radius 1 is 0.762 bits per heavy atom. The molecule has 4 rings (SSSR count). The van der Waals surface area contributed by atoms with Gasteiger partial charge in [0.15, 0.2) is 0 Å². The lowest BCUT2D eigenvalue weighted by atomic mass is 10.1. The van der Waals surface area contributed by atoms with Gasteiger partial charge in [-0.2, -0.15) is 0 Å². The Hall–Kier alpha value is -4.59. The number of anilines is 1. The highest BCUT2D eigenvalue weighted by Gasteiger charge is 2.21. The van der Waals surface area contributed by atoms with Gasteiger partial charge in [-0.05, 0) is 67.4 Å². The zero-order valence-electron chi connectivity index (χ0n) is 23.4. The number of aromatic nitrogens is 1. The van der Waals surface area contributed by atoms with Crippen LogP contribution in [0.4, 0.5) is 5.82 Å². The van der Waals surface area contributed by atoms with Crippen molar-refractivity contribution in [3.05, 3.63) is 114 Å². The van der Waals surface area contributed by atoms with E-state index in [0.717, 1.165) is 0 Å². The molecule has 0 saturated carbocycles. The summed E-state index contributed by atoms with van der Waals surface area (Å²) in [7, 11) is 0.791. The van der Waals surface area contributed by atoms with E-state index in [9.17, 15) is 14.4 Å². The number of nitrogen functional groups attached to an aromatic ring is 1. The number of nitrogens with zero attached hydrogens (tertiary/aromatic N) is 1. The third-order valence-corrected chi connectivity index (χ3v) is 9.11. The van der Waals surface area contributed by atoms with Gasteiger partial charge in [-0.1, -0.05) is 72.8 Å². The fourth-order valence-corrected chi connectivity index (χ4v) is 6.72. The van der Waals surface area contributed by atoms with Crippen LogP contribution in [0.3, 0.4) is 0 Å². The molecule has 0 bridgehead atoms. The lowest BCUT2D eigenvalue weighted by Crippen LogP contribution is -2.45. The summed E-state index contributed by atoms with van der Waals surface area (Å²) < 4.78 is 0. The van der Waals surface area contributed by atoms with Gasteiger partial charge in [0.05, 0.1) is 5.56 Å². The minimum Gasteiger partial charge on any atom is -0.357 e. The summed E-state index contributed by atoms with van der Waals surface area (Å²) in [4.78, 5) is 41.8. The number of hydrazine groups is 1. The topological polar surface area (TPSA) is 138 Å². The molecule has 3 aromatic carbocycles. The number of hydrogen-bond acceptors (Lipinski definition) is 6. The van der Waals surface area contributed by atoms with Crippen LogP contribution in [-0.4, -0.2) is 42.3 Å². The summed E-state index contributed by atoms with van der Waals surface area (Å²) in [6.07, 6.45) is 3.09. The van der Waals surface area contributed by atoms with E-state index >= 15 is 0 Å². The molecule has 1 aromatic heterocycles. The fourth-order valence-electron chi connectivity index (χ4n) is 4.44. The van der Waals surface area contributed by atoms with Crippen LogP contribution in [-0.2, 0) is 4.79 Å². The van der Waals surface area contributed by atoms with E-state index in [1.807, 2.05) is 36.4 Å². The zero-order valence-corrected chi connectivity index (χ0v) is 24.3. The first kappa shape index (κ1) is 30.4. The van der Waals surface area contributed by atoms with E-state index in [0.29, 0.717) is 42.8 Å². The summed E-state index contributed by atoms with van der Waals surface area (Å²) in [6, 6.07) is 31.1. The summed E-state index contributed by atoms with van der Waals surface area (Å²) in [5, 5.41) is 12.0. The Bertz CT molecular complexity index is 1410.